The minimum atomic E-state index is -3.02. The number of hydrogen-bond acceptors (Lipinski definition) is 5. The molecule has 0 spiro atoms. The summed E-state index contributed by atoms with van der Waals surface area (Å²) in [5.74, 6) is 4.94. The standard InChI is InChI=1S/C19H22F3N3O2/c1-19(2)14(17(19)11-3-6-13(7-4-11)25(23)26)10-24-15-8-5-12(20)9-16(15)27-18(21)22/h3-9,14,17-18,24,26H,10,23H2,1-2H3/t14?,17-/m0/s1. The Balaban J connectivity index is 1.70. The van der Waals surface area contributed by atoms with Crippen LogP contribution in [0.2, 0.25) is 0 Å². The molecule has 0 amide bonds. The minimum Gasteiger partial charge on any atom is -0.433 e. The van der Waals surface area contributed by atoms with Gasteiger partial charge in [0.25, 0.3) is 0 Å². The third-order valence-electron chi connectivity index (χ3n) is 5.24. The van der Waals surface area contributed by atoms with Crippen LogP contribution in [0.25, 0.3) is 0 Å². The number of rotatable bonds is 7. The van der Waals surface area contributed by atoms with Gasteiger partial charge in [-0.3, -0.25) is 5.21 Å². The summed E-state index contributed by atoms with van der Waals surface area (Å²) < 4.78 is 42.8. The Morgan fingerprint density at radius 3 is 2.48 bits per heavy atom. The molecule has 1 aliphatic carbocycles. The van der Waals surface area contributed by atoms with Crippen molar-refractivity contribution in [3.8, 4) is 5.75 Å². The molecule has 1 aliphatic rings. The van der Waals surface area contributed by atoms with E-state index in [0.29, 0.717) is 23.1 Å². The molecular formula is C19H22F3N3O2. The number of benzene rings is 2. The predicted molar refractivity (Wildman–Crippen MR) is 96.4 cm³/mol. The molecule has 146 valence electrons. The summed E-state index contributed by atoms with van der Waals surface area (Å²) in [7, 11) is 0. The topological polar surface area (TPSA) is 70.8 Å². The number of anilines is 2. The fraction of sp³-hybridized carbons (Fsp3) is 0.368. The van der Waals surface area contributed by atoms with Gasteiger partial charge in [-0.1, -0.05) is 26.0 Å². The summed E-state index contributed by atoms with van der Waals surface area (Å²) in [6.07, 6.45) is 0. The number of ether oxygens (including phenoxy) is 1. The highest BCUT2D eigenvalue weighted by Gasteiger charge is 2.57. The molecule has 0 aliphatic heterocycles. The Kier molecular flexibility index (Phi) is 5.21. The van der Waals surface area contributed by atoms with Crippen molar-refractivity contribution in [1.82, 2.24) is 0 Å². The maximum Gasteiger partial charge on any atom is 0.387 e. The normalized spacial score (nSPS) is 20.4. The van der Waals surface area contributed by atoms with Gasteiger partial charge in [0.1, 0.15) is 5.82 Å². The lowest BCUT2D eigenvalue weighted by molar-refractivity contribution is -0.0495. The quantitative estimate of drug-likeness (QED) is 0.491. The van der Waals surface area contributed by atoms with Gasteiger partial charge < -0.3 is 10.1 Å². The molecule has 1 saturated carbocycles. The summed E-state index contributed by atoms with van der Waals surface area (Å²) in [6, 6.07) is 10.8. The van der Waals surface area contributed by atoms with Crippen molar-refractivity contribution in [2.45, 2.75) is 26.4 Å². The summed E-state index contributed by atoms with van der Waals surface area (Å²) in [6.45, 7) is 1.75. The zero-order chi connectivity index (χ0) is 19.8. The van der Waals surface area contributed by atoms with E-state index in [0.717, 1.165) is 11.6 Å². The largest absolute Gasteiger partial charge is 0.433 e. The smallest absolute Gasteiger partial charge is 0.387 e. The van der Waals surface area contributed by atoms with Gasteiger partial charge in [-0.15, -0.1) is 0 Å². The van der Waals surface area contributed by atoms with Crippen LogP contribution in [0.5, 0.6) is 5.75 Å². The first-order chi connectivity index (χ1) is 12.7. The zero-order valence-electron chi connectivity index (χ0n) is 15.0. The van der Waals surface area contributed by atoms with Crippen LogP contribution in [0.15, 0.2) is 42.5 Å². The maximum absolute atomic E-state index is 13.3. The number of alkyl halides is 2. The van der Waals surface area contributed by atoms with Crippen molar-refractivity contribution < 1.29 is 23.1 Å². The molecule has 1 fully saturated rings. The lowest BCUT2D eigenvalue weighted by Gasteiger charge is -2.13. The number of nitrogens with one attached hydrogen (secondary N) is 1. The van der Waals surface area contributed by atoms with Crippen molar-refractivity contribution in [3.05, 3.63) is 53.8 Å². The van der Waals surface area contributed by atoms with Crippen molar-refractivity contribution >= 4 is 11.4 Å². The van der Waals surface area contributed by atoms with Crippen LogP contribution in [0.4, 0.5) is 24.5 Å². The van der Waals surface area contributed by atoms with Crippen LogP contribution in [-0.4, -0.2) is 18.4 Å². The molecule has 0 radical (unpaired) electrons. The van der Waals surface area contributed by atoms with E-state index in [2.05, 4.69) is 23.9 Å². The monoisotopic (exact) mass is 381 g/mol. The average molecular weight is 381 g/mol. The van der Waals surface area contributed by atoms with Gasteiger partial charge in [0.15, 0.2) is 5.75 Å². The molecule has 27 heavy (non-hydrogen) atoms. The van der Waals surface area contributed by atoms with E-state index in [1.807, 2.05) is 12.1 Å². The Morgan fingerprint density at radius 1 is 1.22 bits per heavy atom. The number of nitrogens with two attached hydrogens (primary N) is 1. The third kappa shape index (κ3) is 4.12. The first-order valence-corrected chi connectivity index (χ1v) is 8.52. The molecule has 2 aromatic carbocycles. The van der Waals surface area contributed by atoms with Crippen LogP contribution in [0.3, 0.4) is 0 Å². The number of hydrazine groups is 1. The van der Waals surface area contributed by atoms with Gasteiger partial charge in [0.05, 0.1) is 11.4 Å². The lowest BCUT2D eigenvalue weighted by Crippen LogP contribution is -2.25. The van der Waals surface area contributed by atoms with Crippen molar-refractivity contribution in [3.63, 3.8) is 0 Å². The van der Waals surface area contributed by atoms with Gasteiger partial charge in [-0.05, 0) is 47.1 Å². The summed E-state index contributed by atoms with van der Waals surface area (Å²) in [4.78, 5) is 0. The second-order valence-corrected chi connectivity index (χ2v) is 7.24. The summed E-state index contributed by atoms with van der Waals surface area (Å²) >= 11 is 0. The molecule has 4 N–H and O–H groups in total. The van der Waals surface area contributed by atoms with Crippen LogP contribution in [-0.2, 0) is 0 Å². The first kappa shape index (κ1) is 19.3. The summed E-state index contributed by atoms with van der Waals surface area (Å²) in [5, 5.41) is 12.9. The minimum absolute atomic E-state index is 0.000101. The fourth-order valence-corrected chi connectivity index (χ4v) is 3.68. The Morgan fingerprint density at radius 2 is 1.89 bits per heavy atom. The van der Waals surface area contributed by atoms with Crippen LogP contribution in [0, 0.1) is 17.2 Å². The average Bonchev–Trinajstić information content (AvgIpc) is 3.14. The van der Waals surface area contributed by atoms with Crippen LogP contribution < -0.4 is 21.1 Å². The molecule has 3 rings (SSSR count). The number of nitrogens with zero attached hydrogens (tertiary/aromatic N) is 1. The predicted octanol–water partition coefficient (Wildman–Crippen LogP) is 4.35. The van der Waals surface area contributed by atoms with E-state index in [9.17, 15) is 18.4 Å². The van der Waals surface area contributed by atoms with E-state index >= 15 is 0 Å². The summed E-state index contributed by atoms with van der Waals surface area (Å²) in [5.41, 5.74) is 1.90. The van der Waals surface area contributed by atoms with Crippen LogP contribution >= 0.6 is 0 Å². The highest BCUT2D eigenvalue weighted by atomic mass is 19.3. The van der Waals surface area contributed by atoms with E-state index in [1.165, 1.54) is 12.1 Å². The molecule has 5 nitrogen and oxygen atoms in total. The molecule has 0 saturated heterocycles. The van der Waals surface area contributed by atoms with Gasteiger partial charge in [-0.25, -0.2) is 10.2 Å². The fourth-order valence-electron chi connectivity index (χ4n) is 3.68. The van der Waals surface area contributed by atoms with Crippen molar-refractivity contribution in [2.75, 3.05) is 17.0 Å². The number of hydrogen-bond donors (Lipinski definition) is 3. The lowest BCUT2D eigenvalue weighted by atomic mass is 10.0. The molecule has 0 heterocycles. The Hall–Kier alpha value is -2.45. The van der Waals surface area contributed by atoms with Gasteiger partial charge >= 0.3 is 6.61 Å². The first-order valence-electron chi connectivity index (χ1n) is 8.52. The SMILES string of the molecule is CC1(C)C(CNc2ccc(F)cc2OC(F)F)[C@@H]1c1ccc(N(N)O)cc1. The molecule has 2 atom stereocenters. The van der Waals surface area contributed by atoms with E-state index < -0.39 is 12.4 Å². The highest BCUT2D eigenvalue weighted by molar-refractivity contribution is 5.57. The van der Waals surface area contributed by atoms with E-state index in [1.54, 1.807) is 12.1 Å². The third-order valence-corrected chi connectivity index (χ3v) is 5.24. The van der Waals surface area contributed by atoms with Crippen molar-refractivity contribution in [2.24, 2.45) is 17.2 Å². The van der Waals surface area contributed by atoms with E-state index in [-0.39, 0.29) is 23.0 Å². The van der Waals surface area contributed by atoms with Gasteiger partial charge in [0, 0.05) is 12.6 Å². The second kappa shape index (κ2) is 7.28. The Bertz CT molecular complexity index is 797. The molecule has 8 heteroatoms. The maximum atomic E-state index is 13.3. The highest BCUT2D eigenvalue weighted by Crippen LogP contribution is 2.64. The van der Waals surface area contributed by atoms with Gasteiger partial charge in [-0.2, -0.15) is 14.0 Å². The molecule has 0 aromatic heterocycles. The molecule has 1 unspecified atom stereocenters. The van der Waals surface area contributed by atoms with Crippen molar-refractivity contribution in [1.29, 1.82) is 0 Å². The van der Waals surface area contributed by atoms with Crippen LogP contribution in [0.1, 0.15) is 25.3 Å². The molecule has 0 bridgehead atoms. The zero-order valence-corrected chi connectivity index (χ0v) is 15.0. The second-order valence-electron chi connectivity index (χ2n) is 7.24. The molecule has 2 aromatic rings. The molecular weight excluding hydrogens is 359 g/mol. The number of halogens is 3. The van der Waals surface area contributed by atoms with E-state index in [4.69, 9.17) is 5.84 Å². The Labute approximate surface area is 155 Å². The van der Waals surface area contributed by atoms with Gasteiger partial charge in [0.2, 0.25) is 0 Å².